The summed E-state index contributed by atoms with van der Waals surface area (Å²) in [5.74, 6) is 0.301. The highest BCUT2D eigenvalue weighted by Crippen LogP contribution is 2.15. The zero-order chi connectivity index (χ0) is 14.6. The van der Waals surface area contributed by atoms with Crippen molar-refractivity contribution in [3.05, 3.63) is 42.4 Å². The SMILES string of the molecule is CC(C)NCc1cc(S(=O)(=O)Nc2ccccn2)c[nH]1. The number of anilines is 1. The van der Waals surface area contributed by atoms with Crippen LogP contribution in [0.25, 0.3) is 0 Å². The van der Waals surface area contributed by atoms with Crippen LogP contribution in [0.1, 0.15) is 19.5 Å². The lowest BCUT2D eigenvalue weighted by atomic mass is 10.3. The maximum absolute atomic E-state index is 12.2. The maximum Gasteiger partial charge on any atom is 0.264 e. The van der Waals surface area contributed by atoms with E-state index in [0.29, 0.717) is 18.4 Å². The molecule has 7 heteroatoms. The number of nitrogens with one attached hydrogen (secondary N) is 3. The van der Waals surface area contributed by atoms with E-state index in [-0.39, 0.29) is 4.90 Å². The summed E-state index contributed by atoms with van der Waals surface area (Å²) in [5, 5.41) is 3.22. The van der Waals surface area contributed by atoms with E-state index in [1.165, 1.54) is 12.4 Å². The van der Waals surface area contributed by atoms with E-state index in [2.05, 4.69) is 20.0 Å². The Morgan fingerprint density at radius 1 is 1.35 bits per heavy atom. The topological polar surface area (TPSA) is 86.9 Å². The van der Waals surface area contributed by atoms with Crippen LogP contribution in [0.15, 0.2) is 41.6 Å². The zero-order valence-electron chi connectivity index (χ0n) is 11.4. The number of hydrogen-bond donors (Lipinski definition) is 3. The molecule has 0 bridgehead atoms. The van der Waals surface area contributed by atoms with Crippen LogP contribution in [-0.2, 0) is 16.6 Å². The minimum Gasteiger partial charge on any atom is -0.363 e. The fraction of sp³-hybridized carbons (Fsp3) is 0.308. The molecule has 0 aliphatic rings. The van der Waals surface area contributed by atoms with Gasteiger partial charge in [0.1, 0.15) is 10.7 Å². The molecule has 0 aliphatic heterocycles. The second kappa shape index (κ2) is 6.06. The molecule has 108 valence electrons. The molecule has 2 aromatic rings. The van der Waals surface area contributed by atoms with Crippen LogP contribution in [0.5, 0.6) is 0 Å². The average Bonchev–Trinajstić information content (AvgIpc) is 2.86. The molecule has 0 aliphatic carbocycles. The molecule has 0 atom stereocenters. The molecule has 3 N–H and O–H groups in total. The summed E-state index contributed by atoms with van der Waals surface area (Å²) in [5.41, 5.74) is 0.820. The minimum atomic E-state index is -3.60. The summed E-state index contributed by atoms with van der Waals surface area (Å²) in [4.78, 5) is 7.09. The van der Waals surface area contributed by atoms with Gasteiger partial charge in [-0.1, -0.05) is 19.9 Å². The highest BCUT2D eigenvalue weighted by Gasteiger charge is 2.16. The van der Waals surface area contributed by atoms with Gasteiger partial charge in [0.25, 0.3) is 10.0 Å². The summed E-state index contributed by atoms with van der Waals surface area (Å²) >= 11 is 0. The predicted octanol–water partition coefficient (Wildman–Crippen LogP) is 1.71. The van der Waals surface area contributed by atoms with Gasteiger partial charge in [0.05, 0.1) is 0 Å². The van der Waals surface area contributed by atoms with Crippen molar-refractivity contribution in [1.29, 1.82) is 0 Å². The van der Waals surface area contributed by atoms with Crippen molar-refractivity contribution >= 4 is 15.8 Å². The Labute approximate surface area is 118 Å². The molecule has 2 heterocycles. The highest BCUT2D eigenvalue weighted by atomic mass is 32.2. The third-order valence-corrected chi connectivity index (χ3v) is 3.97. The monoisotopic (exact) mass is 294 g/mol. The van der Waals surface area contributed by atoms with Gasteiger partial charge in [-0.15, -0.1) is 0 Å². The summed E-state index contributed by atoms with van der Waals surface area (Å²) < 4.78 is 26.8. The molecule has 6 nitrogen and oxygen atoms in total. The molecular formula is C13H18N4O2S. The van der Waals surface area contributed by atoms with Gasteiger partial charge in [0.15, 0.2) is 0 Å². The number of aromatic amines is 1. The fourth-order valence-electron chi connectivity index (χ4n) is 1.61. The summed E-state index contributed by atoms with van der Waals surface area (Å²) in [6.07, 6.45) is 3.01. The van der Waals surface area contributed by atoms with E-state index in [9.17, 15) is 8.42 Å². The first-order valence-corrected chi connectivity index (χ1v) is 7.80. The van der Waals surface area contributed by atoms with Gasteiger partial charge in [-0.3, -0.25) is 4.72 Å². The largest absolute Gasteiger partial charge is 0.363 e. The van der Waals surface area contributed by atoms with E-state index in [1.54, 1.807) is 24.3 Å². The van der Waals surface area contributed by atoms with Crippen molar-refractivity contribution in [3.8, 4) is 0 Å². The van der Waals surface area contributed by atoms with Gasteiger partial charge in [-0.2, -0.15) is 0 Å². The average molecular weight is 294 g/mol. The lowest BCUT2D eigenvalue weighted by Crippen LogP contribution is -2.21. The van der Waals surface area contributed by atoms with Crippen molar-refractivity contribution in [3.63, 3.8) is 0 Å². The first-order valence-electron chi connectivity index (χ1n) is 6.32. The molecule has 2 aromatic heterocycles. The van der Waals surface area contributed by atoms with Crippen molar-refractivity contribution in [1.82, 2.24) is 15.3 Å². The molecule has 20 heavy (non-hydrogen) atoms. The Balaban J connectivity index is 2.10. The van der Waals surface area contributed by atoms with Crippen molar-refractivity contribution < 1.29 is 8.42 Å². The van der Waals surface area contributed by atoms with E-state index in [0.717, 1.165) is 5.69 Å². The van der Waals surface area contributed by atoms with Crippen LogP contribution in [0, 0.1) is 0 Å². The van der Waals surface area contributed by atoms with Crippen LogP contribution < -0.4 is 10.0 Å². The van der Waals surface area contributed by atoms with Gasteiger partial charge in [0.2, 0.25) is 0 Å². The predicted molar refractivity (Wildman–Crippen MR) is 77.8 cm³/mol. The summed E-state index contributed by atoms with van der Waals surface area (Å²) in [7, 11) is -3.60. The van der Waals surface area contributed by atoms with Crippen molar-refractivity contribution in [2.45, 2.75) is 31.3 Å². The smallest absolute Gasteiger partial charge is 0.264 e. The second-order valence-electron chi connectivity index (χ2n) is 4.72. The van der Waals surface area contributed by atoms with Crippen LogP contribution in [0.3, 0.4) is 0 Å². The Bertz CT molecular complexity index is 650. The number of nitrogens with zero attached hydrogens (tertiary/aromatic N) is 1. The van der Waals surface area contributed by atoms with Gasteiger partial charge in [0, 0.05) is 30.7 Å². The van der Waals surface area contributed by atoms with Gasteiger partial charge in [-0.05, 0) is 18.2 Å². The lowest BCUT2D eigenvalue weighted by Gasteiger charge is -2.06. The maximum atomic E-state index is 12.2. The quantitative estimate of drug-likeness (QED) is 0.757. The van der Waals surface area contributed by atoms with Crippen LogP contribution in [0.2, 0.25) is 0 Å². The van der Waals surface area contributed by atoms with Gasteiger partial charge < -0.3 is 10.3 Å². The number of rotatable bonds is 6. The Kier molecular flexibility index (Phi) is 4.41. The number of aromatic nitrogens is 2. The molecule has 0 spiro atoms. The van der Waals surface area contributed by atoms with Gasteiger partial charge in [-0.25, -0.2) is 13.4 Å². The second-order valence-corrected chi connectivity index (χ2v) is 6.40. The van der Waals surface area contributed by atoms with Crippen LogP contribution >= 0.6 is 0 Å². The van der Waals surface area contributed by atoms with Crippen LogP contribution in [0.4, 0.5) is 5.82 Å². The molecule has 0 saturated heterocycles. The molecule has 0 radical (unpaired) electrons. The Morgan fingerprint density at radius 3 is 2.80 bits per heavy atom. The van der Waals surface area contributed by atoms with Crippen molar-refractivity contribution in [2.75, 3.05) is 4.72 Å². The number of H-pyrrole nitrogens is 1. The fourth-order valence-corrected chi connectivity index (χ4v) is 2.64. The number of hydrogen-bond acceptors (Lipinski definition) is 4. The number of pyridine rings is 1. The minimum absolute atomic E-state index is 0.198. The Morgan fingerprint density at radius 2 is 2.15 bits per heavy atom. The lowest BCUT2D eigenvalue weighted by molar-refractivity contribution is 0.582. The molecule has 2 rings (SSSR count). The molecule has 0 unspecified atom stereocenters. The molecular weight excluding hydrogens is 276 g/mol. The standard InChI is InChI=1S/C13H18N4O2S/c1-10(2)15-8-11-7-12(9-16-11)20(18,19)17-13-5-3-4-6-14-13/h3-7,9-10,15-16H,8H2,1-2H3,(H,14,17). The first-order chi connectivity index (χ1) is 9.47. The van der Waals surface area contributed by atoms with E-state index in [1.807, 2.05) is 13.8 Å². The molecule has 0 saturated carbocycles. The zero-order valence-corrected chi connectivity index (χ0v) is 12.2. The normalized spacial score (nSPS) is 11.8. The van der Waals surface area contributed by atoms with Gasteiger partial charge >= 0.3 is 0 Å². The number of sulfonamides is 1. The molecule has 0 amide bonds. The third kappa shape index (κ3) is 3.82. The third-order valence-electron chi connectivity index (χ3n) is 2.63. The van der Waals surface area contributed by atoms with E-state index in [4.69, 9.17) is 0 Å². The highest BCUT2D eigenvalue weighted by molar-refractivity contribution is 7.92. The van der Waals surface area contributed by atoms with E-state index < -0.39 is 10.0 Å². The van der Waals surface area contributed by atoms with E-state index >= 15 is 0 Å². The molecule has 0 aromatic carbocycles. The van der Waals surface area contributed by atoms with Crippen LogP contribution in [-0.4, -0.2) is 24.4 Å². The Hall–Kier alpha value is -1.86. The summed E-state index contributed by atoms with van der Waals surface area (Å²) in [6, 6.07) is 7.00. The van der Waals surface area contributed by atoms with Crippen molar-refractivity contribution in [2.24, 2.45) is 0 Å². The summed E-state index contributed by atoms with van der Waals surface area (Å²) in [6.45, 7) is 4.66. The molecule has 0 fully saturated rings. The first kappa shape index (κ1) is 14.5.